The molecular weight excluding hydrogens is 397 g/mol. The summed E-state index contributed by atoms with van der Waals surface area (Å²) in [5, 5.41) is 11.7. The Labute approximate surface area is 171 Å². The maximum atomic E-state index is 12.6. The maximum absolute atomic E-state index is 12.6. The van der Waals surface area contributed by atoms with Gasteiger partial charge in [0, 0.05) is 17.5 Å². The van der Waals surface area contributed by atoms with Crippen LogP contribution in [0.3, 0.4) is 0 Å². The van der Waals surface area contributed by atoms with Crippen LogP contribution in [0.1, 0.15) is 33.8 Å². The summed E-state index contributed by atoms with van der Waals surface area (Å²) >= 11 is 0. The summed E-state index contributed by atoms with van der Waals surface area (Å²) in [6.45, 7) is 5.99. The smallest absolute Gasteiger partial charge is 0.271 e. The van der Waals surface area contributed by atoms with Crippen LogP contribution in [0.2, 0.25) is 0 Å². The highest BCUT2D eigenvalue weighted by atomic mass is 19.4. The lowest BCUT2D eigenvalue weighted by Crippen LogP contribution is -2.24. The van der Waals surface area contributed by atoms with Crippen molar-refractivity contribution in [2.24, 2.45) is 5.10 Å². The van der Waals surface area contributed by atoms with Crippen LogP contribution in [0.5, 0.6) is 0 Å². The quantitative estimate of drug-likeness (QED) is 0.493. The van der Waals surface area contributed by atoms with Crippen molar-refractivity contribution in [2.45, 2.75) is 40.0 Å². The van der Waals surface area contributed by atoms with E-state index in [1.54, 1.807) is 0 Å². The van der Waals surface area contributed by atoms with Crippen molar-refractivity contribution in [3.05, 3.63) is 70.3 Å². The molecule has 0 bridgehead atoms. The first-order valence-corrected chi connectivity index (χ1v) is 9.15. The van der Waals surface area contributed by atoms with Gasteiger partial charge in [0.25, 0.3) is 5.91 Å². The van der Waals surface area contributed by atoms with Crippen LogP contribution >= 0.6 is 0 Å². The first-order valence-electron chi connectivity index (χ1n) is 9.15. The molecule has 3 aromatic rings. The van der Waals surface area contributed by atoms with Gasteiger partial charge < -0.3 is 0 Å². The first kappa shape index (κ1) is 21.3. The van der Waals surface area contributed by atoms with E-state index in [2.05, 4.69) is 20.7 Å². The number of benzene rings is 1. The lowest BCUT2D eigenvalue weighted by atomic mass is 10.1. The molecule has 0 radical (unpaired) electrons. The summed E-state index contributed by atoms with van der Waals surface area (Å²) < 4.78 is 40.4. The fourth-order valence-corrected chi connectivity index (χ4v) is 2.87. The Balaban J connectivity index is 1.61. The number of aryl methyl sites for hydroxylation is 2. The van der Waals surface area contributed by atoms with Crippen LogP contribution in [-0.4, -0.2) is 31.7 Å². The van der Waals surface area contributed by atoms with Crippen LogP contribution in [-0.2, 0) is 24.1 Å². The lowest BCUT2D eigenvalue weighted by Gasteiger charge is -2.05. The minimum atomic E-state index is -4.55. The standard InChI is InChI=1S/C20H21F3N6O/c1-13-4-6-16(7-5-13)11-29-15(3)17(14(2)26-29)10-24-25-19(30)12-28-9-8-18(27-28)20(21,22)23/h4-10H,11-12H2,1-3H3,(H,25,30)/b24-10-. The van der Waals surface area contributed by atoms with Gasteiger partial charge in [-0.3, -0.25) is 14.2 Å². The third-order valence-electron chi connectivity index (χ3n) is 4.51. The van der Waals surface area contributed by atoms with Crippen LogP contribution in [0.4, 0.5) is 13.2 Å². The Morgan fingerprint density at radius 1 is 1.13 bits per heavy atom. The molecule has 1 amide bonds. The van der Waals surface area contributed by atoms with Gasteiger partial charge in [0.15, 0.2) is 5.69 Å². The number of aromatic nitrogens is 4. The molecule has 0 saturated carbocycles. The number of carbonyl (C=O) groups is 1. The van der Waals surface area contributed by atoms with Gasteiger partial charge in [0.1, 0.15) is 6.54 Å². The summed E-state index contributed by atoms with van der Waals surface area (Å²) in [5.74, 6) is -0.592. The molecule has 0 spiro atoms. The number of nitrogens with zero attached hydrogens (tertiary/aromatic N) is 5. The van der Waals surface area contributed by atoms with Crippen molar-refractivity contribution in [1.82, 2.24) is 25.0 Å². The Hall–Kier alpha value is -3.43. The average Bonchev–Trinajstić information content (AvgIpc) is 3.23. The number of rotatable bonds is 6. The van der Waals surface area contributed by atoms with Crippen LogP contribution < -0.4 is 5.43 Å². The highest BCUT2D eigenvalue weighted by Crippen LogP contribution is 2.27. The summed E-state index contributed by atoms with van der Waals surface area (Å²) in [6.07, 6.45) is -1.98. The predicted molar refractivity (Wildman–Crippen MR) is 105 cm³/mol. The van der Waals surface area contributed by atoms with Crippen molar-refractivity contribution in [2.75, 3.05) is 0 Å². The molecule has 3 rings (SSSR count). The minimum absolute atomic E-state index is 0.377. The zero-order chi connectivity index (χ0) is 21.9. The van der Waals surface area contributed by atoms with Gasteiger partial charge in [-0.2, -0.15) is 28.5 Å². The van der Waals surface area contributed by atoms with E-state index < -0.39 is 17.8 Å². The Morgan fingerprint density at radius 2 is 1.83 bits per heavy atom. The van der Waals surface area contributed by atoms with Gasteiger partial charge in [-0.15, -0.1) is 0 Å². The van der Waals surface area contributed by atoms with Crippen molar-refractivity contribution >= 4 is 12.1 Å². The number of amides is 1. The van der Waals surface area contributed by atoms with E-state index in [0.717, 1.165) is 39.5 Å². The van der Waals surface area contributed by atoms with E-state index in [4.69, 9.17) is 0 Å². The highest BCUT2D eigenvalue weighted by Gasteiger charge is 2.33. The number of hydrogen-bond acceptors (Lipinski definition) is 4. The second-order valence-electron chi connectivity index (χ2n) is 6.92. The molecule has 0 aliphatic rings. The molecule has 0 aliphatic carbocycles. The van der Waals surface area contributed by atoms with E-state index in [-0.39, 0.29) is 6.54 Å². The van der Waals surface area contributed by atoms with Crippen LogP contribution in [0.15, 0.2) is 41.6 Å². The highest BCUT2D eigenvalue weighted by molar-refractivity contribution is 5.84. The third-order valence-corrected chi connectivity index (χ3v) is 4.51. The van der Waals surface area contributed by atoms with E-state index in [9.17, 15) is 18.0 Å². The number of carbonyl (C=O) groups excluding carboxylic acids is 1. The Morgan fingerprint density at radius 3 is 2.47 bits per heavy atom. The molecule has 0 fully saturated rings. The topological polar surface area (TPSA) is 77.1 Å². The second-order valence-corrected chi connectivity index (χ2v) is 6.92. The number of halogens is 3. The third kappa shape index (κ3) is 5.13. The predicted octanol–water partition coefficient (Wildman–Crippen LogP) is 3.22. The largest absolute Gasteiger partial charge is 0.435 e. The van der Waals surface area contributed by atoms with Gasteiger partial charge in [0.2, 0.25) is 0 Å². The zero-order valence-corrected chi connectivity index (χ0v) is 16.7. The van der Waals surface area contributed by atoms with Crippen molar-refractivity contribution < 1.29 is 18.0 Å². The fraction of sp³-hybridized carbons (Fsp3) is 0.300. The maximum Gasteiger partial charge on any atom is 0.435 e. The first-order chi connectivity index (χ1) is 14.1. The van der Waals surface area contributed by atoms with E-state index in [1.165, 1.54) is 11.8 Å². The molecule has 7 nitrogen and oxygen atoms in total. The van der Waals surface area contributed by atoms with E-state index in [1.807, 2.05) is 49.7 Å². The Kier molecular flexibility index (Phi) is 6.04. The van der Waals surface area contributed by atoms with Crippen LogP contribution in [0.25, 0.3) is 0 Å². The van der Waals surface area contributed by atoms with Crippen molar-refractivity contribution in [1.29, 1.82) is 0 Å². The summed E-state index contributed by atoms with van der Waals surface area (Å²) in [4.78, 5) is 11.9. The van der Waals surface area contributed by atoms with Gasteiger partial charge >= 0.3 is 6.18 Å². The monoisotopic (exact) mass is 418 g/mol. The minimum Gasteiger partial charge on any atom is -0.271 e. The SMILES string of the molecule is Cc1ccc(Cn2nc(C)c(/C=N\NC(=O)Cn3ccc(C(F)(F)F)n3)c2C)cc1. The van der Waals surface area contributed by atoms with Crippen molar-refractivity contribution in [3.63, 3.8) is 0 Å². The molecule has 2 aromatic heterocycles. The van der Waals surface area contributed by atoms with Gasteiger partial charge in [-0.1, -0.05) is 29.8 Å². The molecule has 158 valence electrons. The van der Waals surface area contributed by atoms with E-state index in [0.29, 0.717) is 6.54 Å². The van der Waals surface area contributed by atoms with Crippen LogP contribution in [0, 0.1) is 20.8 Å². The number of hydrazone groups is 1. The average molecular weight is 418 g/mol. The molecule has 0 atom stereocenters. The summed E-state index contributed by atoms with van der Waals surface area (Å²) in [6, 6.07) is 8.97. The van der Waals surface area contributed by atoms with E-state index >= 15 is 0 Å². The molecular formula is C20H21F3N6O. The molecule has 0 aliphatic heterocycles. The lowest BCUT2D eigenvalue weighted by molar-refractivity contribution is -0.141. The molecule has 0 saturated heterocycles. The molecule has 2 heterocycles. The van der Waals surface area contributed by atoms with Crippen molar-refractivity contribution in [3.8, 4) is 0 Å². The zero-order valence-electron chi connectivity index (χ0n) is 16.7. The summed E-state index contributed by atoms with van der Waals surface area (Å²) in [5.41, 5.74) is 5.94. The fourth-order valence-electron chi connectivity index (χ4n) is 2.87. The number of alkyl halides is 3. The van der Waals surface area contributed by atoms with Gasteiger partial charge in [-0.05, 0) is 32.4 Å². The molecule has 30 heavy (non-hydrogen) atoms. The normalized spacial score (nSPS) is 11.9. The molecule has 1 N–H and O–H groups in total. The van der Waals surface area contributed by atoms with Gasteiger partial charge in [0.05, 0.1) is 18.5 Å². The number of hydrogen-bond donors (Lipinski definition) is 1. The molecule has 0 unspecified atom stereocenters. The molecule has 10 heteroatoms. The second kappa shape index (κ2) is 8.52. The van der Waals surface area contributed by atoms with Gasteiger partial charge in [-0.25, -0.2) is 5.43 Å². The Bertz CT molecular complexity index is 1060. The number of nitrogens with one attached hydrogen (secondary N) is 1. The molecule has 1 aromatic carbocycles. The summed E-state index contributed by atoms with van der Waals surface area (Å²) in [7, 11) is 0.